The molecule has 1 N–H and O–H groups in total. The molecule has 0 aliphatic heterocycles. The standard InChI is InChI=1S/C12H11BrFNO/c1-9(16)15-7-3-2-4-10-5-6-11(13)12(14)8-10/h5-6,8H,3,7H2,1H3,(H,15,16). The van der Waals surface area contributed by atoms with E-state index in [2.05, 4.69) is 33.1 Å². The summed E-state index contributed by atoms with van der Waals surface area (Å²) >= 11 is 3.07. The van der Waals surface area contributed by atoms with Crippen molar-refractivity contribution < 1.29 is 9.18 Å². The van der Waals surface area contributed by atoms with E-state index < -0.39 is 0 Å². The zero-order chi connectivity index (χ0) is 12.0. The summed E-state index contributed by atoms with van der Waals surface area (Å²) < 4.78 is 13.5. The van der Waals surface area contributed by atoms with Crippen LogP contribution < -0.4 is 5.32 Å². The van der Waals surface area contributed by atoms with Gasteiger partial charge in [-0.25, -0.2) is 4.39 Å². The first-order valence-electron chi connectivity index (χ1n) is 4.78. The molecule has 1 aromatic rings. The van der Waals surface area contributed by atoms with Gasteiger partial charge in [0.05, 0.1) is 4.47 Å². The van der Waals surface area contributed by atoms with E-state index in [0.717, 1.165) is 0 Å². The zero-order valence-electron chi connectivity index (χ0n) is 8.81. The van der Waals surface area contributed by atoms with Gasteiger partial charge in [-0.3, -0.25) is 4.79 Å². The highest BCUT2D eigenvalue weighted by atomic mass is 79.9. The van der Waals surface area contributed by atoms with E-state index in [4.69, 9.17) is 0 Å². The van der Waals surface area contributed by atoms with Gasteiger partial charge in [-0.05, 0) is 34.1 Å². The SMILES string of the molecule is CC(=O)NCCC#Cc1ccc(Br)c(F)c1. The van der Waals surface area contributed by atoms with Crippen LogP contribution in [0, 0.1) is 17.7 Å². The lowest BCUT2D eigenvalue weighted by atomic mass is 10.2. The molecule has 84 valence electrons. The zero-order valence-corrected chi connectivity index (χ0v) is 10.4. The summed E-state index contributed by atoms with van der Waals surface area (Å²) in [6, 6.07) is 4.72. The van der Waals surface area contributed by atoms with Gasteiger partial charge in [0.2, 0.25) is 5.91 Å². The largest absolute Gasteiger partial charge is 0.355 e. The van der Waals surface area contributed by atoms with E-state index in [9.17, 15) is 9.18 Å². The van der Waals surface area contributed by atoms with Gasteiger partial charge in [-0.2, -0.15) is 0 Å². The van der Waals surface area contributed by atoms with Gasteiger partial charge in [-0.15, -0.1) is 0 Å². The minimum Gasteiger partial charge on any atom is -0.355 e. The lowest BCUT2D eigenvalue weighted by Crippen LogP contribution is -2.20. The summed E-state index contributed by atoms with van der Waals surface area (Å²) in [6.07, 6.45) is 0.553. The van der Waals surface area contributed by atoms with Crippen molar-refractivity contribution in [3.05, 3.63) is 34.1 Å². The number of nitrogens with one attached hydrogen (secondary N) is 1. The van der Waals surface area contributed by atoms with Crippen molar-refractivity contribution in [3.63, 3.8) is 0 Å². The molecule has 1 aromatic carbocycles. The van der Waals surface area contributed by atoms with Gasteiger partial charge >= 0.3 is 0 Å². The number of hydrogen-bond acceptors (Lipinski definition) is 1. The second-order valence-corrected chi connectivity index (χ2v) is 4.02. The molecule has 0 radical (unpaired) electrons. The van der Waals surface area contributed by atoms with Crippen molar-refractivity contribution in [3.8, 4) is 11.8 Å². The molecule has 0 aliphatic rings. The summed E-state index contributed by atoms with van der Waals surface area (Å²) in [5.41, 5.74) is 0.628. The van der Waals surface area contributed by atoms with Crippen LogP contribution in [0.1, 0.15) is 18.9 Å². The topological polar surface area (TPSA) is 29.1 Å². The summed E-state index contributed by atoms with van der Waals surface area (Å²) in [5.74, 6) is 5.28. The van der Waals surface area contributed by atoms with Crippen molar-refractivity contribution in [1.82, 2.24) is 5.32 Å². The molecule has 0 bridgehead atoms. The first kappa shape index (κ1) is 12.7. The molecule has 0 aromatic heterocycles. The Labute approximate surface area is 102 Å². The lowest BCUT2D eigenvalue weighted by molar-refractivity contribution is -0.118. The average Bonchev–Trinajstić information content (AvgIpc) is 2.22. The maximum atomic E-state index is 13.1. The first-order valence-corrected chi connectivity index (χ1v) is 5.57. The van der Waals surface area contributed by atoms with Crippen LogP contribution >= 0.6 is 15.9 Å². The Hall–Kier alpha value is -1.34. The number of halogens is 2. The van der Waals surface area contributed by atoms with E-state index in [0.29, 0.717) is 23.0 Å². The monoisotopic (exact) mass is 283 g/mol. The predicted octanol–water partition coefficient (Wildman–Crippen LogP) is 2.47. The summed E-state index contributed by atoms with van der Waals surface area (Å²) in [4.78, 5) is 10.5. The Morgan fingerprint density at radius 1 is 1.56 bits per heavy atom. The van der Waals surface area contributed by atoms with Gasteiger partial charge < -0.3 is 5.32 Å². The molecule has 0 fully saturated rings. The molecular formula is C12H11BrFNO. The van der Waals surface area contributed by atoms with Crippen molar-refractivity contribution in [2.24, 2.45) is 0 Å². The third-order valence-electron chi connectivity index (χ3n) is 1.78. The molecular weight excluding hydrogens is 273 g/mol. The summed E-state index contributed by atoms with van der Waals surface area (Å²) in [7, 11) is 0. The van der Waals surface area contributed by atoms with Crippen LogP contribution in [-0.4, -0.2) is 12.5 Å². The Morgan fingerprint density at radius 2 is 2.31 bits per heavy atom. The van der Waals surface area contributed by atoms with Crippen LogP contribution in [0.15, 0.2) is 22.7 Å². The molecule has 0 saturated carbocycles. The molecule has 0 unspecified atom stereocenters. The summed E-state index contributed by atoms with van der Waals surface area (Å²) in [5, 5.41) is 2.63. The fourth-order valence-electron chi connectivity index (χ4n) is 1.04. The molecule has 0 atom stereocenters. The Morgan fingerprint density at radius 3 is 2.94 bits per heavy atom. The molecule has 1 amide bonds. The number of rotatable bonds is 2. The number of amides is 1. The van der Waals surface area contributed by atoms with Gasteiger partial charge in [0.25, 0.3) is 0 Å². The van der Waals surface area contributed by atoms with Crippen LogP contribution in [0.3, 0.4) is 0 Å². The lowest BCUT2D eigenvalue weighted by Gasteiger charge is -1.95. The highest BCUT2D eigenvalue weighted by molar-refractivity contribution is 9.10. The molecule has 16 heavy (non-hydrogen) atoms. The maximum absolute atomic E-state index is 13.1. The van der Waals surface area contributed by atoms with Gasteiger partial charge in [0.15, 0.2) is 0 Å². The quantitative estimate of drug-likeness (QED) is 0.656. The fourth-order valence-corrected chi connectivity index (χ4v) is 1.29. The minimum absolute atomic E-state index is 0.0727. The predicted molar refractivity (Wildman–Crippen MR) is 64.3 cm³/mol. The molecule has 4 heteroatoms. The molecule has 1 rings (SSSR count). The minimum atomic E-state index is -0.325. The molecule has 0 saturated heterocycles. The molecule has 2 nitrogen and oxygen atoms in total. The highest BCUT2D eigenvalue weighted by Gasteiger charge is 1.97. The van der Waals surface area contributed by atoms with Crippen LogP contribution in [0.25, 0.3) is 0 Å². The number of carbonyl (C=O) groups is 1. The number of hydrogen-bond donors (Lipinski definition) is 1. The van der Waals surface area contributed by atoms with Crippen molar-refractivity contribution in [2.75, 3.05) is 6.54 Å². The van der Waals surface area contributed by atoms with E-state index in [1.165, 1.54) is 13.0 Å². The average molecular weight is 284 g/mol. The number of carbonyl (C=O) groups excluding carboxylic acids is 1. The van der Waals surface area contributed by atoms with Crippen molar-refractivity contribution in [1.29, 1.82) is 0 Å². The summed E-state index contributed by atoms with van der Waals surface area (Å²) in [6.45, 7) is 1.97. The van der Waals surface area contributed by atoms with E-state index in [1.807, 2.05) is 0 Å². The third-order valence-corrected chi connectivity index (χ3v) is 2.42. The van der Waals surface area contributed by atoms with Crippen molar-refractivity contribution >= 4 is 21.8 Å². The van der Waals surface area contributed by atoms with Gasteiger partial charge in [-0.1, -0.05) is 11.8 Å². The molecule has 0 heterocycles. The van der Waals surface area contributed by atoms with Crippen LogP contribution in [0.4, 0.5) is 4.39 Å². The highest BCUT2D eigenvalue weighted by Crippen LogP contribution is 2.15. The smallest absolute Gasteiger partial charge is 0.216 e. The molecule has 0 spiro atoms. The first-order chi connectivity index (χ1) is 7.59. The van der Waals surface area contributed by atoms with E-state index in [-0.39, 0.29) is 11.7 Å². The van der Waals surface area contributed by atoms with E-state index in [1.54, 1.807) is 12.1 Å². The van der Waals surface area contributed by atoms with Crippen LogP contribution in [0.2, 0.25) is 0 Å². The number of benzene rings is 1. The van der Waals surface area contributed by atoms with Gasteiger partial charge in [0, 0.05) is 25.5 Å². The second kappa shape index (κ2) is 6.29. The maximum Gasteiger partial charge on any atom is 0.216 e. The Kier molecular flexibility index (Phi) is 5.00. The van der Waals surface area contributed by atoms with E-state index >= 15 is 0 Å². The Balaban J connectivity index is 2.50. The van der Waals surface area contributed by atoms with Gasteiger partial charge in [0.1, 0.15) is 5.82 Å². The van der Waals surface area contributed by atoms with Crippen LogP contribution in [0.5, 0.6) is 0 Å². The molecule has 0 aliphatic carbocycles. The van der Waals surface area contributed by atoms with Crippen molar-refractivity contribution in [2.45, 2.75) is 13.3 Å². The fraction of sp³-hybridized carbons (Fsp3) is 0.250. The van der Waals surface area contributed by atoms with Crippen LogP contribution in [-0.2, 0) is 4.79 Å². The third kappa shape index (κ3) is 4.45. The normalized spacial score (nSPS) is 9.19. The Bertz CT molecular complexity index is 448. The second-order valence-electron chi connectivity index (χ2n) is 3.16.